The van der Waals surface area contributed by atoms with E-state index in [4.69, 9.17) is 19.9 Å². The Kier molecular flexibility index (Phi) is 25.7. The maximum atomic E-state index is 20.0. The number of rotatable bonds is 20. The van der Waals surface area contributed by atoms with Gasteiger partial charge in [0.15, 0.2) is 0 Å². The number of aliphatic imine (C=N–C) groups is 2. The zero-order chi connectivity index (χ0) is 87.3. The third-order valence-corrected chi connectivity index (χ3v) is 27.5. The second kappa shape index (κ2) is 34.8. The molecule has 614 valence electrons. The van der Waals surface area contributed by atoms with E-state index in [-0.39, 0.29) is 66.1 Å². The quantitative estimate of drug-likeness (QED) is 0.0225. The molecule has 13 rings (SSSR count). The molecule has 0 spiro atoms. The van der Waals surface area contributed by atoms with Gasteiger partial charge in [0, 0.05) is 0 Å². The van der Waals surface area contributed by atoms with E-state index in [1.807, 2.05) is 19.9 Å². The molecular weight excluding hydrogens is 2150 g/mol. The number of nitriles is 4. The van der Waals surface area contributed by atoms with Crippen LogP contribution >= 0.6 is 0 Å². The van der Waals surface area contributed by atoms with Crippen molar-refractivity contribution < 1.29 is 66.0 Å². The van der Waals surface area contributed by atoms with Crippen molar-refractivity contribution in [2.75, 3.05) is 152 Å². The number of hydrogen-bond donors (Lipinski definition) is 0. The van der Waals surface area contributed by atoms with Crippen LogP contribution < -0.4 is 67.0 Å². The smallest absolute Gasteiger partial charge is 2.00 e. The molecule has 2 aromatic heterocycles. The molecule has 0 radical (unpaired) electrons. The van der Waals surface area contributed by atoms with Crippen molar-refractivity contribution in [2.24, 2.45) is 9.98 Å². The zero-order valence-corrected chi connectivity index (χ0v) is 78.8. The summed E-state index contributed by atoms with van der Waals surface area (Å²) in [6.45, 7) is 0. The molecule has 0 unspecified atom stereocenters. The van der Waals surface area contributed by atoms with Crippen molar-refractivity contribution in [3.63, 3.8) is 0 Å². The minimum absolute atomic E-state index is 0. The van der Waals surface area contributed by atoms with Crippen LogP contribution in [-0.4, -0.2) is 233 Å². The fourth-order valence-corrected chi connectivity index (χ4v) is 20.6. The molecule has 2 aliphatic heterocycles. The Morgan fingerprint density at radius 3 is 0.727 bits per heavy atom. The minimum Gasteiger partial charge on any atom is 2.00 e. The van der Waals surface area contributed by atoms with E-state index in [0.717, 1.165) is 0 Å². The number of benzene rings is 8. The number of anilines is 8. The van der Waals surface area contributed by atoms with E-state index in [2.05, 4.69) is 50.6 Å². The van der Waals surface area contributed by atoms with Crippen LogP contribution in [0, 0.1) is 108 Å². The van der Waals surface area contributed by atoms with E-state index >= 15 is 35.1 Å². The molecule has 24 nitrogen and oxygen atoms in total. The van der Waals surface area contributed by atoms with Gasteiger partial charge in [0.1, 0.15) is 0 Å². The topological polar surface area (TPSA) is 286 Å². The standard InChI is InChI=1S/C82H60F8N20O4Se6.Pt/c1-101(2)39-17-35(18-40(25-39)102(3)4)47-67-51-52(60(84)76(96-34-116)75(59(51)83)95-33-115)68(97-67)48(36-19-41(103(5)6)26-42(20-36)104(7)8)71-55-57(65(89)81(119-31-93)79(63(55)87)117-29-91)73(99-71)50(38-23-45(107(13)14)28-46(24-38)108(15)16)74-58-56(64(88)80(118-30-92)82(66(58)90)120-32-94)72(100-74)49(37-21-43(105(9)10)27-44(22-37)106(11)12)70-54-53(69(47)98-70)61(85)77(109(111)112)78(62(54)86)110(113)114;/h17-28H,1-16H3;/q-2;+2. The summed E-state index contributed by atoms with van der Waals surface area (Å²) in [6, 6.07) is 18.5. The van der Waals surface area contributed by atoms with Gasteiger partial charge in [-0.1, -0.05) is 0 Å². The second-order valence-electron chi connectivity index (χ2n) is 28.8. The van der Waals surface area contributed by atoms with Gasteiger partial charge in [-0.15, -0.1) is 0 Å². The van der Waals surface area contributed by atoms with E-state index in [0.29, 0.717) is 22.7 Å². The van der Waals surface area contributed by atoms with Gasteiger partial charge in [-0.2, -0.15) is 0 Å². The fourth-order valence-electron chi connectivity index (χ4n) is 14.5. The van der Waals surface area contributed by atoms with Crippen LogP contribution in [0.5, 0.6) is 0 Å². The first kappa shape index (κ1) is 89.2. The summed E-state index contributed by atoms with van der Waals surface area (Å²) in [6.07, 6.45) is 0. The molecule has 0 amide bonds. The van der Waals surface area contributed by atoms with Gasteiger partial charge >= 0.3 is 748 Å². The zero-order valence-electron chi connectivity index (χ0n) is 66.3. The normalized spacial score (nSPS) is 11.1. The number of aromatic nitrogens is 4. The van der Waals surface area contributed by atoms with Crippen molar-refractivity contribution in [3.8, 4) is 109 Å². The molecule has 4 heterocycles. The summed E-state index contributed by atoms with van der Waals surface area (Å²) >= 11 is -2.18. The van der Waals surface area contributed by atoms with Gasteiger partial charge in [0.25, 0.3) is 0 Å². The number of nitro groups is 2. The summed E-state index contributed by atoms with van der Waals surface area (Å²) in [5, 5.41) is 66.6. The van der Waals surface area contributed by atoms with E-state index in [9.17, 15) is 41.3 Å². The van der Waals surface area contributed by atoms with Crippen LogP contribution in [0.15, 0.2) is 82.8 Å². The summed E-state index contributed by atoms with van der Waals surface area (Å²) in [4.78, 5) is 75.1. The molecule has 0 atom stereocenters. The Hall–Kier alpha value is -11.0. The predicted octanol–water partition coefficient (Wildman–Crippen LogP) is 11.3. The van der Waals surface area contributed by atoms with Gasteiger partial charge in [0.2, 0.25) is 0 Å². The molecule has 39 heteroatoms. The van der Waals surface area contributed by atoms with Crippen molar-refractivity contribution >= 4 is 230 Å². The molecule has 121 heavy (non-hydrogen) atoms. The molecule has 10 aromatic rings. The van der Waals surface area contributed by atoms with Gasteiger partial charge in [-0.3, -0.25) is 0 Å². The van der Waals surface area contributed by atoms with Gasteiger partial charge in [-0.25, -0.2) is 0 Å². The molecule has 3 aliphatic rings. The van der Waals surface area contributed by atoms with Gasteiger partial charge in [0.05, 0.1) is 0 Å². The van der Waals surface area contributed by atoms with Crippen LogP contribution in [-0.2, 0) is 21.1 Å². The van der Waals surface area contributed by atoms with E-state index < -0.39 is 268 Å². The van der Waals surface area contributed by atoms with Crippen molar-refractivity contribution in [2.45, 2.75) is 0 Å². The molecule has 0 saturated heterocycles. The summed E-state index contributed by atoms with van der Waals surface area (Å²) in [7, 11) is 26.1. The minimum atomic E-state index is -2.17. The van der Waals surface area contributed by atoms with Crippen LogP contribution in [0.1, 0.15) is 0 Å². The molecule has 0 saturated carbocycles. The average molecular weight is 2210 g/mol. The molecule has 1 aliphatic carbocycles. The fraction of sp³-hybridized carbons (Fsp3) is 0.195. The Morgan fingerprint density at radius 1 is 0.339 bits per heavy atom. The first-order valence-electron chi connectivity index (χ1n) is 35.2. The number of hydrogen-bond acceptors (Lipinski definition) is 20. The van der Waals surface area contributed by atoms with Gasteiger partial charge < -0.3 is 0 Å². The summed E-state index contributed by atoms with van der Waals surface area (Å²) in [5.41, 5.74) is -17.4. The van der Waals surface area contributed by atoms with Crippen LogP contribution in [0.3, 0.4) is 0 Å². The maximum absolute atomic E-state index is 20.0. The monoisotopic (exact) mass is 2210 g/mol. The predicted molar refractivity (Wildman–Crippen MR) is 462 cm³/mol. The second-order valence-corrected chi connectivity index (χ2v) is 36.2. The molecule has 8 aromatic carbocycles. The maximum Gasteiger partial charge on any atom is 2.00 e. The van der Waals surface area contributed by atoms with E-state index in [1.165, 1.54) is 48.5 Å². The molecule has 0 N–H and O–H groups in total. The van der Waals surface area contributed by atoms with Crippen LogP contribution in [0.4, 0.5) is 103 Å². The van der Waals surface area contributed by atoms with Crippen LogP contribution in [0.2, 0.25) is 0 Å². The number of halogens is 8. The van der Waals surface area contributed by atoms with Crippen molar-refractivity contribution in [3.05, 3.63) is 140 Å². The Labute approximate surface area is 741 Å². The number of nitrogens with zero attached hydrogens (tertiary/aromatic N) is 20. The third-order valence-electron chi connectivity index (χ3n) is 20.1. The Morgan fingerprint density at radius 2 is 0.537 bits per heavy atom. The third kappa shape index (κ3) is 15.1. The molecular formula is C82H60F8N20O4PtSe6. The Bertz CT molecular complexity index is 6780. The SMILES string of the molecule is CN(C)c1cc(-c2c3nc(c(-c4cc(N(C)C)cc(N(C)C)c4)c4[n-]c(c(-c5cc(N(C)C)cc(N(C)C)c5)c5nc(c(-c6cc(N(C)C)cc(N(C)C)c6)c6[n-]c2c2c(F)c([Se]C#N)c([Se]C#N)c(F)c62)-c2c(F)c([Se]C#N)c([Se]C#N)c(F)c2-5)c2c(F)c([N+](=O)[O-])c([N+](=O)[O-])c(F)c42)-c2c(F)c(N=C=[Se])c(N=C=[Se])c(F)c2-3)cc(N(C)C)c1.[Pt+2]. The van der Waals surface area contributed by atoms with Crippen molar-refractivity contribution in [1.82, 2.24) is 19.9 Å². The van der Waals surface area contributed by atoms with Crippen molar-refractivity contribution in [1.29, 1.82) is 21.0 Å². The Balaban J connectivity index is 0.0000134. The van der Waals surface area contributed by atoms with E-state index in [1.54, 1.807) is 176 Å². The van der Waals surface area contributed by atoms with Gasteiger partial charge in [-0.05, 0) is 0 Å². The summed E-state index contributed by atoms with van der Waals surface area (Å²) < 4.78 is 161. The molecule has 8 bridgehead atoms. The first-order valence-corrected chi connectivity index (χ1v) is 43.7. The molecule has 0 fully saturated rings. The summed E-state index contributed by atoms with van der Waals surface area (Å²) in [5.74, 6) is -13.1. The average Bonchev–Trinajstić information content (AvgIpc) is 1.54. The largest absolute Gasteiger partial charge is 2.00 e. The van der Waals surface area contributed by atoms with Crippen LogP contribution in [0.25, 0.3) is 133 Å². The number of nitro benzene ring substituents is 2. The first-order chi connectivity index (χ1) is 56.9.